The van der Waals surface area contributed by atoms with Crippen molar-refractivity contribution in [2.75, 3.05) is 0 Å². The van der Waals surface area contributed by atoms with E-state index in [1.165, 1.54) is 29.7 Å². The number of hydrogen-bond acceptors (Lipinski definition) is 3. The Morgan fingerprint density at radius 1 is 1.10 bits per heavy atom. The molecular weight excluding hydrogens is 258 g/mol. The first-order chi connectivity index (χ1) is 10.3. The molecule has 1 aromatic carbocycles. The highest BCUT2D eigenvalue weighted by molar-refractivity contribution is 5.40. The fraction of sp³-hybridized carbons (Fsp3) is 0.444. The van der Waals surface area contributed by atoms with Gasteiger partial charge in [0.2, 0.25) is 0 Å². The van der Waals surface area contributed by atoms with Gasteiger partial charge in [0.15, 0.2) is 0 Å². The van der Waals surface area contributed by atoms with E-state index in [0.717, 1.165) is 31.5 Å². The molecular formula is C18H21N3. The van der Waals surface area contributed by atoms with Crippen LogP contribution in [0.5, 0.6) is 0 Å². The standard InChI is InChI=1S/C18H21N3/c19-15-8-4-5-9-16-14(15)12-20-17(21-16)18(10-11-18)13-6-2-1-3-7-13/h1-3,6-7,12,15H,4-5,8-11,19H2. The molecule has 0 spiro atoms. The summed E-state index contributed by atoms with van der Waals surface area (Å²) in [4.78, 5) is 9.65. The zero-order valence-electron chi connectivity index (χ0n) is 12.3. The van der Waals surface area contributed by atoms with Gasteiger partial charge in [-0.2, -0.15) is 0 Å². The molecule has 108 valence electrons. The Balaban J connectivity index is 1.75. The SMILES string of the molecule is NC1CCCCc2nc(C3(c4ccccc4)CC3)ncc21. The first-order valence-electron chi connectivity index (χ1n) is 7.97. The Kier molecular flexibility index (Phi) is 3.03. The maximum Gasteiger partial charge on any atom is 0.139 e. The number of nitrogens with two attached hydrogens (primary N) is 1. The molecule has 1 heterocycles. The molecule has 4 rings (SSSR count). The van der Waals surface area contributed by atoms with E-state index in [1.807, 2.05) is 6.20 Å². The highest BCUT2D eigenvalue weighted by atomic mass is 14.9. The average Bonchev–Trinajstić information content (AvgIpc) is 3.34. The molecule has 1 atom stereocenters. The first kappa shape index (κ1) is 13.0. The van der Waals surface area contributed by atoms with Crippen molar-refractivity contribution in [3.05, 3.63) is 59.2 Å². The van der Waals surface area contributed by atoms with Gasteiger partial charge in [0.25, 0.3) is 0 Å². The monoisotopic (exact) mass is 279 g/mol. The molecule has 2 N–H and O–H groups in total. The van der Waals surface area contributed by atoms with Gasteiger partial charge in [0.05, 0.1) is 5.41 Å². The van der Waals surface area contributed by atoms with Crippen LogP contribution in [0.15, 0.2) is 36.5 Å². The van der Waals surface area contributed by atoms with E-state index in [2.05, 4.69) is 30.3 Å². The van der Waals surface area contributed by atoms with Crippen LogP contribution in [0.1, 0.15) is 60.8 Å². The summed E-state index contributed by atoms with van der Waals surface area (Å²) in [6, 6.07) is 10.8. The van der Waals surface area contributed by atoms with E-state index in [9.17, 15) is 0 Å². The first-order valence-corrected chi connectivity index (χ1v) is 7.97. The molecule has 0 aliphatic heterocycles. The highest BCUT2D eigenvalue weighted by Crippen LogP contribution is 2.52. The summed E-state index contributed by atoms with van der Waals surface area (Å²) in [6.45, 7) is 0. The molecule has 1 saturated carbocycles. The molecule has 0 bridgehead atoms. The average molecular weight is 279 g/mol. The number of nitrogens with zero attached hydrogens (tertiary/aromatic N) is 2. The second-order valence-electron chi connectivity index (χ2n) is 6.40. The van der Waals surface area contributed by atoms with Crippen molar-refractivity contribution in [3.8, 4) is 0 Å². The topological polar surface area (TPSA) is 51.8 Å². The molecule has 0 amide bonds. The van der Waals surface area contributed by atoms with Crippen LogP contribution in [0, 0.1) is 0 Å². The van der Waals surface area contributed by atoms with Crippen LogP contribution in [-0.2, 0) is 11.8 Å². The predicted molar refractivity (Wildman–Crippen MR) is 83.0 cm³/mol. The van der Waals surface area contributed by atoms with Crippen molar-refractivity contribution < 1.29 is 0 Å². The summed E-state index contributed by atoms with van der Waals surface area (Å²) < 4.78 is 0. The third kappa shape index (κ3) is 2.16. The zero-order valence-corrected chi connectivity index (χ0v) is 12.3. The Morgan fingerprint density at radius 2 is 1.90 bits per heavy atom. The van der Waals surface area contributed by atoms with Crippen molar-refractivity contribution in [1.29, 1.82) is 0 Å². The fourth-order valence-corrected chi connectivity index (χ4v) is 3.50. The number of fused-ring (bicyclic) bond motifs is 1. The van der Waals surface area contributed by atoms with E-state index < -0.39 is 0 Å². The second kappa shape index (κ2) is 4.92. The molecule has 3 nitrogen and oxygen atoms in total. The summed E-state index contributed by atoms with van der Waals surface area (Å²) in [5.74, 6) is 1.00. The van der Waals surface area contributed by atoms with Gasteiger partial charge in [0.1, 0.15) is 5.82 Å². The lowest BCUT2D eigenvalue weighted by Crippen LogP contribution is -2.18. The maximum absolute atomic E-state index is 6.25. The zero-order chi connectivity index (χ0) is 14.3. The van der Waals surface area contributed by atoms with E-state index in [0.29, 0.717) is 0 Å². The van der Waals surface area contributed by atoms with Gasteiger partial charge in [0, 0.05) is 23.5 Å². The maximum atomic E-state index is 6.25. The van der Waals surface area contributed by atoms with Crippen LogP contribution in [0.4, 0.5) is 0 Å². The predicted octanol–water partition coefficient (Wildman–Crippen LogP) is 3.28. The minimum atomic E-state index is 0.0622. The van der Waals surface area contributed by atoms with E-state index >= 15 is 0 Å². The molecule has 2 aliphatic carbocycles. The number of hydrogen-bond donors (Lipinski definition) is 1. The van der Waals surface area contributed by atoms with Crippen molar-refractivity contribution in [2.24, 2.45) is 5.73 Å². The van der Waals surface area contributed by atoms with Crippen LogP contribution in [-0.4, -0.2) is 9.97 Å². The minimum Gasteiger partial charge on any atom is -0.324 e. The third-order valence-corrected chi connectivity index (χ3v) is 4.98. The Morgan fingerprint density at radius 3 is 2.67 bits per heavy atom. The lowest BCUT2D eigenvalue weighted by Gasteiger charge is -2.17. The number of aromatic nitrogens is 2. The van der Waals surface area contributed by atoms with Gasteiger partial charge in [-0.1, -0.05) is 36.8 Å². The van der Waals surface area contributed by atoms with Crippen molar-refractivity contribution >= 4 is 0 Å². The quantitative estimate of drug-likeness (QED) is 0.858. The Bertz CT molecular complexity index is 647. The summed E-state index contributed by atoms with van der Waals surface area (Å²) in [7, 11) is 0. The van der Waals surface area contributed by atoms with Crippen LogP contribution in [0.2, 0.25) is 0 Å². The lowest BCUT2D eigenvalue weighted by molar-refractivity contribution is 0.613. The molecule has 1 unspecified atom stereocenters. The van der Waals surface area contributed by atoms with Crippen molar-refractivity contribution in [3.63, 3.8) is 0 Å². The molecule has 2 aromatic rings. The normalized spacial score (nSPS) is 23.2. The van der Waals surface area contributed by atoms with Crippen LogP contribution >= 0.6 is 0 Å². The van der Waals surface area contributed by atoms with E-state index in [-0.39, 0.29) is 11.5 Å². The third-order valence-electron chi connectivity index (χ3n) is 4.98. The van der Waals surface area contributed by atoms with Gasteiger partial charge < -0.3 is 5.73 Å². The number of rotatable bonds is 2. The van der Waals surface area contributed by atoms with Crippen LogP contribution < -0.4 is 5.73 Å². The van der Waals surface area contributed by atoms with Crippen molar-refractivity contribution in [2.45, 2.75) is 50.0 Å². The fourth-order valence-electron chi connectivity index (χ4n) is 3.50. The summed E-state index contributed by atoms with van der Waals surface area (Å²) in [5, 5.41) is 0. The van der Waals surface area contributed by atoms with Gasteiger partial charge in [-0.25, -0.2) is 9.97 Å². The molecule has 21 heavy (non-hydrogen) atoms. The Hall–Kier alpha value is -1.74. The lowest BCUT2D eigenvalue weighted by atomic mass is 9.94. The van der Waals surface area contributed by atoms with E-state index in [1.54, 1.807) is 0 Å². The number of benzene rings is 1. The molecule has 0 saturated heterocycles. The van der Waals surface area contributed by atoms with Gasteiger partial charge in [-0.3, -0.25) is 0 Å². The molecule has 0 radical (unpaired) electrons. The molecule has 3 heteroatoms. The van der Waals surface area contributed by atoms with Crippen LogP contribution in [0.3, 0.4) is 0 Å². The molecule has 2 aliphatic rings. The summed E-state index contributed by atoms with van der Waals surface area (Å²) in [5.41, 5.74) is 10.0. The molecule has 1 aromatic heterocycles. The van der Waals surface area contributed by atoms with Gasteiger partial charge >= 0.3 is 0 Å². The number of aryl methyl sites for hydroxylation is 1. The largest absolute Gasteiger partial charge is 0.324 e. The highest BCUT2D eigenvalue weighted by Gasteiger charge is 2.48. The molecule has 1 fully saturated rings. The second-order valence-corrected chi connectivity index (χ2v) is 6.40. The summed E-state index contributed by atoms with van der Waals surface area (Å²) >= 11 is 0. The van der Waals surface area contributed by atoms with Crippen molar-refractivity contribution in [1.82, 2.24) is 9.97 Å². The van der Waals surface area contributed by atoms with Gasteiger partial charge in [-0.05, 0) is 37.7 Å². The van der Waals surface area contributed by atoms with E-state index in [4.69, 9.17) is 15.7 Å². The smallest absolute Gasteiger partial charge is 0.139 e. The van der Waals surface area contributed by atoms with Crippen LogP contribution in [0.25, 0.3) is 0 Å². The van der Waals surface area contributed by atoms with Gasteiger partial charge in [-0.15, -0.1) is 0 Å². The minimum absolute atomic E-state index is 0.0622. The Labute approximate surface area is 125 Å². The summed E-state index contributed by atoms with van der Waals surface area (Å²) in [6.07, 6.45) is 8.79.